The van der Waals surface area contributed by atoms with Gasteiger partial charge in [0.2, 0.25) is 5.95 Å². The Bertz CT molecular complexity index is 1130. The molecule has 1 aliphatic rings. The zero-order valence-electron chi connectivity index (χ0n) is 18.3. The summed E-state index contributed by atoms with van der Waals surface area (Å²) in [4.78, 5) is 11.9. The van der Waals surface area contributed by atoms with E-state index in [2.05, 4.69) is 53.4 Å². The third kappa shape index (κ3) is 5.04. The van der Waals surface area contributed by atoms with E-state index in [0.29, 0.717) is 28.9 Å². The minimum Gasteiger partial charge on any atom is -0.399 e. The van der Waals surface area contributed by atoms with Gasteiger partial charge in [0.1, 0.15) is 5.82 Å². The second kappa shape index (κ2) is 8.40. The molecule has 4 N–H and O–H groups in total. The predicted molar refractivity (Wildman–Crippen MR) is 126 cm³/mol. The van der Waals surface area contributed by atoms with Gasteiger partial charge in [0.25, 0.3) is 0 Å². The quantitative estimate of drug-likeness (QED) is 0.540. The second-order valence-corrected chi connectivity index (χ2v) is 9.34. The van der Waals surface area contributed by atoms with Crippen LogP contribution in [0.25, 0.3) is 10.9 Å². The van der Waals surface area contributed by atoms with Crippen LogP contribution in [0.15, 0.2) is 42.5 Å². The Kier molecular flexibility index (Phi) is 5.66. The number of benzene rings is 2. The monoisotopic (exact) mass is 415 g/mol. The number of aromatic nitrogens is 2. The molecule has 7 nitrogen and oxygen atoms in total. The van der Waals surface area contributed by atoms with Gasteiger partial charge in [0.05, 0.1) is 17.1 Å². The molecule has 4 rings (SSSR count). The molecule has 0 spiro atoms. The molecule has 0 amide bonds. The van der Waals surface area contributed by atoms with Crippen molar-refractivity contribution in [2.24, 2.45) is 5.41 Å². The van der Waals surface area contributed by atoms with Crippen molar-refractivity contribution in [2.75, 3.05) is 35.6 Å². The van der Waals surface area contributed by atoms with Gasteiger partial charge in [-0.25, -0.2) is 4.98 Å². The Morgan fingerprint density at radius 2 is 2.00 bits per heavy atom. The van der Waals surface area contributed by atoms with E-state index in [0.717, 1.165) is 42.8 Å². The first-order valence-electron chi connectivity index (χ1n) is 10.6. The topological polar surface area (TPSA) is 103 Å². The van der Waals surface area contributed by atoms with E-state index in [1.165, 1.54) is 0 Å². The number of nitrogen functional groups attached to an aromatic ring is 1. The first-order chi connectivity index (χ1) is 14.8. The summed E-state index contributed by atoms with van der Waals surface area (Å²) < 4.78 is 0. The van der Waals surface area contributed by atoms with Gasteiger partial charge in [-0.05, 0) is 42.2 Å². The Labute approximate surface area is 183 Å². The highest BCUT2D eigenvalue weighted by atomic mass is 15.3. The molecular formula is C24H29N7. The smallest absolute Gasteiger partial charge is 0.229 e. The molecule has 2 aromatic carbocycles. The average Bonchev–Trinajstić information content (AvgIpc) is 3.20. The van der Waals surface area contributed by atoms with E-state index in [-0.39, 0.29) is 5.41 Å². The maximum atomic E-state index is 9.22. The summed E-state index contributed by atoms with van der Waals surface area (Å²) in [6, 6.07) is 15.8. The summed E-state index contributed by atoms with van der Waals surface area (Å²) >= 11 is 0. The zero-order chi connectivity index (χ0) is 22.0. The molecule has 1 atom stereocenters. The van der Waals surface area contributed by atoms with Crippen LogP contribution in [-0.4, -0.2) is 35.6 Å². The van der Waals surface area contributed by atoms with Crippen LogP contribution in [0.1, 0.15) is 32.8 Å². The lowest BCUT2D eigenvalue weighted by molar-refractivity contribution is 0.357. The lowest BCUT2D eigenvalue weighted by Gasteiger charge is -2.23. The lowest BCUT2D eigenvalue weighted by Crippen LogP contribution is -2.37. The molecule has 0 bridgehead atoms. The third-order valence-corrected chi connectivity index (χ3v) is 5.33. The number of nitrogens with zero attached hydrogens (tertiary/aromatic N) is 4. The number of anilines is 4. The molecular weight excluding hydrogens is 386 g/mol. The van der Waals surface area contributed by atoms with E-state index in [1.807, 2.05) is 18.2 Å². The van der Waals surface area contributed by atoms with Gasteiger partial charge in [-0.2, -0.15) is 10.2 Å². The number of hydrogen-bond donors (Lipinski definition) is 3. The van der Waals surface area contributed by atoms with E-state index in [9.17, 15) is 5.26 Å². The molecule has 0 saturated carbocycles. The molecule has 0 radical (unpaired) electrons. The van der Waals surface area contributed by atoms with Crippen molar-refractivity contribution < 1.29 is 0 Å². The molecule has 7 heteroatoms. The number of hydrogen-bond acceptors (Lipinski definition) is 7. The van der Waals surface area contributed by atoms with Crippen molar-refractivity contribution in [1.82, 2.24) is 15.3 Å². The molecule has 1 saturated heterocycles. The molecule has 3 aromatic rings. The zero-order valence-corrected chi connectivity index (χ0v) is 18.3. The van der Waals surface area contributed by atoms with Crippen LogP contribution >= 0.6 is 0 Å². The van der Waals surface area contributed by atoms with Gasteiger partial charge in [-0.15, -0.1) is 0 Å². The van der Waals surface area contributed by atoms with Gasteiger partial charge in [-0.3, -0.25) is 0 Å². The van der Waals surface area contributed by atoms with Crippen LogP contribution < -0.4 is 21.3 Å². The fraction of sp³-hybridized carbons (Fsp3) is 0.375. The molecule has 0 aliphatic carbocycles. The van der Waals surface area contributed by atoms with Crippen LogP contribution in [-0.2, 0) is 0 Å². The summed E-state index contributed by atoms with van der Waals surface area (Å²) in [6.07, 6.45) is 1.08. The van der Waals surface area contributed by atoms with Crippen molar-refractivity contribution in [3.8, 4) is 6.07 Å². The van der Waals surface area contributed by atoms with E-state index in [1.54, 1.807) is 18.2 Å². The second-order valence-electron chi connectivity index (χ2n) is 9.34. The molecule has 1 aromatic heterocycles. The average molecular weight is 416 g/mol. The van der Waals surface area contributed by atoms with E-state index < -0.39 is 0 Å². The summed E-state index contributed by atoms with van der Waals surface area (Å²) in [6.45, 7) is 9.58. The Morgan fingerprint density at radius 3 is 2.77 bits per heavy atom. The van der Waals surface area contributed by atoms with Crippen molar-refractivity contribution in [3.05, 3.63) is 48.0 Å². The normalized spacial score (nSPS) is 16.5. The number of fused-ring (bicyclic) bond motifs is 1. The van der Waals surface area contributed by atoms with Crippen LogP contribution in [0, 0.1) is 16.7 Å². The van der Waals surface area contributed by atoms with Crippen molar-refractivity contribution in [2.45, 2.75) is 33.2 Å². The van der Waals surface area contributed by atoms with Gasteiger partial charge in [-0.1, -0.05) is 32.9 Å². The molecule has 160 valence electrons. The first kappa shape index (κ1) is 20.9. The molecule has 0 unspecified atom stereocenters. The number of nitrogens with one attached hydrogen (secondary N) is 2. The molecule has 1 aliphatic heterocycles. The van der Waals surface area contributed by atoms with Crippen molar-refractivity contribution in [3.63, 3.8) is 0 Å². The van der Waals surface area contributed by atoms with Gasteiger partial charge in [0, 0.05) is 42.4 Å². The summed E-state index contributed by atoms with van der Waals surface area (Å²) in [7, 11) is 0. The fourth-order valence-electron chi connectivity index (χ4n) is 3.84. The first-order valence-corrected chi connectivity index (χ1v) is 10.6. The standard InChI is InChI=1S/C24H29N7/c1-24(2,3)15-27-18-8-9-31(14-18)22-20-6-4-5-7-21(20)29-23(30-22)28-19-11-16(13-25)10-17(26)12-19/h4-7,10-12,18,27H,8-9,14-15,26H2,1-3H3,(H,28,29,30)/t18-/m0/s1. The molecule has 2 heterocycles. The largest absolute Gasteiger partial charge is 0.399 e. The van der Waals surface area contributed by atoms with Gasteiger partial charge in [0.15, 0.2) is 0 Å². The van der Waals surface area contributed by atoms with E-state index in [4.69, 9.17) is 10.7 Å². The Morgan fingerprint density at radius 1 is 1.19 bits per heavy atom. The van der Waals surface area contributed by atoms with Crippen molar-refractivity contribution in [1.29, 1.82) is 5.26 Å². The van der Waals surface area contributed by atoms with Gasteiger partial charge >= 0.3 is 0 Å². The van der Waals surface area contributed by atoms with Crippen LogP contribution in [0.2, 0.25) is 0 Å². The Hall–Kier alpha value is -3.37. The number of rotatable bonds is 5. The fourth-order valence-corrected chi connectivity index (χ4v) is 3.84. The highest BCUT2D eigenvalue weighted by Crippen LogP contribution is 2.29. The molecule has 31 heavy (non-hydrogen) atoms. The minimum absolute atomic E-state index is 0.256. The summed E-state index contributed by atoms with van der Waals surface area (Å²) in [5.74, 6) is 1.42. The van der Waals surface area contributed by atoms with Crippen LogP contribution in [0.4, 0.5) is 23.1 Å². The Balaban J connectivity index is 1.62. The van der Waals surface area contributed by atoms with Crippen LogP contribution in [0.5, 0.6) is 0 Å². The maximum absolute atomic E-state index is 9.22. The summed E-state index contributed by atoms with van der Waals surface area (Å²) in [5, 5.41) is 17.2. The van der Waals surface area contributed by atoms with Gasteiger partial charge < -0.3 is 21.3 Å². The highest BCUT2D eigenvalue weighted by molar-refractivity contribution is 5.91. The minimum atomic E-state index is 0.256. The SMILES string of the molecule is CC(C)(C)CN[C@H]1CCN(c2nc(Nc3cc(N)cc(C#N)c3)nc3ccccc23)C1. The highest BCUT2D eigenvalue weighted by Gasteiger charge is 2.26. The van der Waals surface area contributed by atoms with Crippen molar-refractivity contribution >= 4 is 34.0 Å². The van der Waals surface area contributed by atoms with Crippen LogP contribution in [0.3, 0.4) is 0 Å². The third-order valence-electron chi connectivity index (χ3n) is 5.33. The van der Waals surface area contributed by atoms with E-state index >= 15 is 0 Å². The molecule has 1 fully saturated rings. The maximum Gasteiger partial charge on any atom is 0.229 e. The number of nitriles is 1. The lowest BCUT2D eigenvalue weighted by atomic mass is 9.96. The number of para-hydroxylation sites is 1. The predicted octanol–water partition coefficient (Wildman–Crippen LogP) is 4.04. The summed E-state index contributed by atoms with van der Waals surface area (Å²) in [5.41, 5.74) is 8.79. The number of nitrogens with two attached hydrogens (primary N) is 1.